The average Bonchev–Trinajstić information content (AvgIpc) is 3.29. The van der Waals surface area contributed by atoms with E-state index in [0.29, 0.717) is 0 Å². The molecule has 0 unspecified atom stereocenters. The maximum absolute atomic E-state index is 5.48. The van der Waals surface area contributed by atoms with Crippen LogP contribution in [-0.2, 0) is 10.8 Å². The molecule has 0 aliphatic carbocycles. The van der Waals surface area contributed by atoms with Crippen molar-refractivity contribution in [3.05, 3.63) is 204 Å². The van der Waals surface area contributed by atoms with Gasteiger partial charge in [0.1, 0.15) is 11.5 Å². The summed E-state index contributed by atoms with van der Waals surface area (Å²) in [6.07, 6.45) is 0. The van der Waals surface area contributed by atoms with Crippen LogP contribution in [0.15, 0.2) is 193 Å². The summed E-state index contributed by atoms with van der Waals surface area (Å²) < 4.78 is 11.8. The smallest absolute Gasteiger partial charge is 0.133 e. The van der Waals surface area contributed by atoms with Crippen LogP contribution in [0, 0.1) is 0 Å². The lowest BCUT2D eigenvalue weighted by atomic mass is 9.79. The van der Waals surface area contributed by atoms with E-state index in [-0.39, 0.29) is 10.8 Å². The second-order valence-corrected chi connectivity index (χ2v) is 18.3. The Morgan fingerprint density at radius 2 is 0.672 bits per heavy atom. The molecule has 0 radical (unpaired) electrons. The summed E-state index contributed by atoms with van der Waals surface area (Å²) in [7, 11) is 3.40. The molecule has 0 aliphatic rings. The summed E-state index contributed by atoms with van der Waals surface area (Å²) in [5.41, 5.74) is 17.4. The monoisotopic (exact) mass is 862 g/mol. The Kier molecular flexibility index (Phi) is 13.1. The lowest BCUT2D eigenvalue weighted by Gasteiger charge is -2.25. The molecule has 0 fully saturated rings. The molecule has 8 rings (SSSR count). The molecule has 0 atom stereocenters. The lowest BCUT2D eigenvalue weighted by Crippen LogP contribution is -2.12. The van der Waals surface area contributed by atoms with Gasteiger partial charge in [0.2, 0.25) is 0 Å². The fraction of sp³-hybridized carbons (Fsp3) is 0.172. The number of ether oxygens (including phenoxy) is 2. The molecule has 306 valence electrons. The summed E-state index contributed by atoms with van der Waals surface area (Å²) in [6.45, 7) is 13.7. The molecule has 0 spiro atoms. The number of hydrogen-bond donors (Lipinski definition) is 0. The summed E-state index contributed by atoms with van der Waals surface area (Å²) in [5.74, 6) is 1.70. The number of benzene rings is 8. The number of hydrogen-bond acceptors (Lipinski definition) is 2. The predicted molar refractivity (Wildman–Crippen MR) is 264 cm³/mol. The minimum atomic E-state index is 0.0338. The van der Waals surface area contributed by atoms with E-state index in [1.165, 1.54) is 72.3 Å². The van der Waals surface area contributed by atoms with Crippen molar-refractivity contribution < 1.29 is 9.47 Å². The topological polar surface area (TPSA) is 18.5 Å². The number of methoxy groups -OCH3 is 2. The molecule has 0 N–H and O–H groups in total. The van der Waals surface area contributed by atoms with Gasteiger partial charge in [-0.2, -0.15) is 0 Å². The van der Waals surface area contributed by atoms with Crippen LogP contribution < -0.4 is 9.47 Å². The molecule has 0 aliphatic heterocycles. The van der Waals surface area contributed by atoms with Crippen LogP contribution in [0.1, 0.15) is 52.7 Å². The van der Waals surface area contributed by atoms with E-state index in [4.69, 9.17) is 9.47 Å². The van der Waals surface area contributed by atoms with Gasteiger partial charge in [-0.25, -0.2) is 0 Å². The van der Waals surface area contributed by atoms with Gasteiger partial charge in [0.25, 0.3) is 0 Å². The minimum Gasteiger partial charge on any atom is -0.497 e. The Bertz CT molecular complexity index is 2570. The van der Waals surface area contributed by atoms with Gasteiger partial charge < -0.3 is 9.47 Å². The Morgan fingerprint density at radius 3 is 0.967 bits per heavy atom. The second-order valence-electron chi connectivity index (χ2n) is 17.4. The van der Waals surface area contributed by atoms with E-state index in [9.17, 15) is 0 Å². The highest BCUT2D eigenvalue weighted by atomic mass is 79.9. The molecule has 2 nitrogen and oxygen atoms in total. The van der Waals surface area contributed by atoms with E-state index in [1.54, 1.807) is 14.2 Å². The molecular weight excluding hydrogens is 809 g/mol. The highest BCUT2D eigenvalue weighted by molar-refractivity contribution is 9.10. The van der Waals surface area contributed by atoms with Crippen LogP contribution in [0.25, 0.3) is 66.8 Å². The Labute approximate surface area is 372 Å². The van der Waals surface area contributed by atoms with Crippen LogP contribution in [0.5, 0.6) is 11.5 Å². The molecule has 61 heavy (non-hydrogen) atoms. The fourth-order valence-electron chi connectivity index (χ4n) is 7.73. The third-order valence-corrected chi connectivity index (χ3v) is 11.8. The van der Waals surface area contributed by atoms with Crippen molar-refractivity contribution in [3.8, 4) is 78.3 Å². The first-order valence-electron chi connectivity index (χ1n) is 20.9. The quantitative estimate of drug-likeness (QED) is 0.152. The van der Waals surface area contributed by atoms with Gasteiger partial charge >= 0.3 is 0 Å². The molecule has 3 heteroatoms. The van der Waals surface area contributed by atoms with E-state index >= 15 is 0 Å². The normalized spacial score (nSPS) is 11.4. The molecule has 8 aromatic carbocycles. The third-order valence-electron chi connectivity index (χ3n) is 11.2. The molecular formula is C58H55BrO2. The molecule has 0 aromatic heterocycles. The molecule has 0 saturated heterocycles. The van der Waals surface area contributed by atoms with Crippen LogP contribution in [0.2, 0.25) is 0 Å². The highest BCUT2D eigenvalue weighted by Crippen LogP contribution is 2.46. The van der Waals surface area contributed by atoms with Gasteiger partial charge in [-0.05, 0) is 153 Å². The minimum absolute atomic E-state index is 0.0338. The van der Waals surface area contributed by atoms with Crippen molar-refractivity contribution in [1.29, 1.82) is 0 Å². The van der Waals surface area contributed by atoms with Crippen LogP contribution >= 0.6 is 15.9 Å². The van der Waals surface area contributed by atoms with Crippen molar-refractivity contribution in [2.75, 3.05) is 14.2 Å². The second kappa shape index (κ2) is 18.6. The zero-order chi connectivity index (χ0) is 43.1. The zero-order valence-corrected chi connectivity index (χ0v) is 38.2. The van der Waals surface area contributed by atoms with E-state index < -0.39 is 0 Å². The fourth-order valence-corrected chi connectivity index (χ4v) is 8.27. The van der Waals surface area contributed by atoms with Gasteiger partial charge in [-0.1, -0.05) is 181 Å². The standard InChI is InChI=1S/C29H27BrO.C29H28O/c1-29(2,3)23-18-24(20-11-7-5-8-12-20)28(22-15-16-27(31-4)26(30)17-22)25(19-23)21-13-9-6-10-14-21;1-29(2,3)24-19-26(21-11-7-5-8-12-21)28(23-15-17-25(30-4)18-16-23)27(20-24)22-13-9-6-10-14-22/h5-19H,1-4H3;5-20H,1-4H3. The van der Waals surface area contributed by atoms with Crippen molar-refractivity contribution >= 4 is 15.9 Å². The predicted octanol–water partition coefficient (Wildman–Crippen LogP) is 16.7. The SMILES string of the molecule is COc1ccc(-c2c(-c3ccccc3)cc(C(C)(C)C)cc2-c2ccccc2)cc1.COc1ccc(-c2c(-c3ccccc3)cc(C(C)(C)C)cc2-c2ccccc2)cc1Br. The Morgan fingerprint density at radius 1 is 0.344 bits per heavy atom. The van der Waals surface area contributed by atoms with Gasteiger partial charge in [-0.3, -0.25) is 0 Å². The van der Waals surface area contributed by atoms with Crippen molar-refractivity contribution in [2.24, 2.45) is 0 Å². The lowest BCUT2D eigenvalue weighted by molar-refractivity contribution is 0.412. The first kappa shape index (κ1) is 42.9. The van der Waals surface area contributed by atoms with Gasteiger partial charge in [0, 0.05) is 0 Å². The number of rotatable bonds is 8. The van der Waals surface area contributed by atoms with Crippen LogP contribution in [-0.4, -0.2) is 14.2 Å². The van der Waals surface area contributed by atoms with Crippen LogP contribution in [0.4, 0.5) is 0 Å². The molecule has 0 heterocycles. The first-order valence-corrected chi connectivity index (χ1v) is 21.7. The Balaban J connectivity index is 0.000000184. The largest absolute Gasteiger partial charge is 0.497 e. The van der Waals surface area contributed by atoms with E-state index in [1.807, 2.05) is 18.2 Å². The van der Waals surface area contributed by atoms with E-state index in [0.717, 1.165) is 21.5 Å². The third kappa shape index (κ3) is 9.91. The summed E-state index contributed by atoms with van der Waals surface area (Å²) in [6, 6.07) is 66.9. The van der Waals surface area contributed by atoms with Gasteiger partial charge in [0.05, 0.1) is 18.7 Å². The van der Waals surface area contributed by atoms with Gasteiger partial charge in [-0.15, -0.1) is 0 Å². The first-order chi connectivity index (χ1) is 29.4. The maximum Gasteiger partial charge on any atom is 0.133 e. The van der Waals surface area contributed by atoms with E-state index in [2.05, 4.69) is 227 Å². The van der Waals surface area contributed by atoms with Crippen LogP contribution in [0.3, 0.4) is 0 Å². The summed E-state index contributed by atoms with van der Waals surface area (Å²) in [5, 5.41) is 0. The van der Waals surface area contributed by atoms with Gasteiger partial charge in [0.15, 0.2) is 0 Å². The summed E-state index contributed by atoms with van der Waals surface area (Å²) >= 11 is 3.69. The molecule has 0 saturated carbocycles. The van der Waals surface area contributed by atoms with Crippen molar-refractivity contribution in [1.82, 2.24) is 0 Å². The molecule has 0 bridgehead atoms. The average molecular weight is 864 g/mol. The highest BCUT2D eigenvalue weighted by Gasteiger charge is 2.23. The van der Waals surface area contributed by atoms with Crippen molar-refractivity contribution in [3.63, 3.8) is 0 Å². The van der Waals surface area contributed by atoms with Crippen molar-refractivity contribution in [2.45, 2.75) is 52.4 Å². The Hall–Kier alpha value is -6.16. The number of halogens is 1. The molecule has 0 amide bonds. The zero-order valence-electron chi connectivity index (χ0n) is 36.6. The maximum atomic E-state index is 5.48. The summed E-state index contributed by atoms with van der Waals surface area (Å²) in [4.78, 5) is 0. The molecule has 8 aromatic rings.